The average molecular weight is 328 g/mol. The van der Waals surface area contributed by atoms with Gasteiger partial charge >= 0.3 is 5.69 Å². The van der Waals surface area contributed by atoms with E-state index < -0.39 is 17.4 Å². The van der Waals surface area contributed by atoms with E-state index in [4.69, 9.17) is 10.5 Å². The third-order valence-electron chi connectivity index (χ3n) is 3.44. The van der Waals surface area contributed by atoms with Gasteiger partial charge in [0.1, 0.15) is 11.5 Å². The van der Waals surface area contributed by atoms with Crippen LogP contribution in [0.2, 0.25) is 0 Å². The molecule has 0 aliphatic heterocycles. The predicted molar refractivity (Wildman–Crippen MR) is 91.0 cm³/mol. The zero-order valence-electron chi connectivity index (χ0n) is 14.3. The third-order valence-corrected chi connectivity index (χ3v) is 3.44. The van der Waals surface area contributed by atoms with E-state index in [0.717, 1.165) is 12.8 Å². The second-order valence-corrected chi connectivity index (χ2v) is 5.91. The summed E-state index contributed by atoms with van der Waals surface area (Å²) in [5.41, 5.74) is 5.13. The fourth-order valence-electron chi connectivity index (χ4n) is 2.25. The van der Waals surface area contributed by atoms with E-state index in [1.54, 1.807) is 11.9 Å². The molecule has 8 heteroatoms. The summed E-state index contributed by atoms with van der Waals surface area (Å²) in [4.78, 5) is 27.8. The van der Waals surface area contributed by atoms with E-state index in [-0.39, 0.29) is 30.8 Å². The van der Waals surface area contributed by atoms with Gasteiger partial charge in [0.25, 0.3) is 5.56 Å². The first-order chi connectivity index (χ1) is 10.8. The van der Waals surface area contributed by atoms with Crippen molar-refractivity contribution >= 4 is 11.5 Å². The lowest BCUT2D eigenvalue weighted by atomic mass is 10.3. The number of ether oxygens (including phenoxy) is 1. The molecule has 0 saturated heterocycles. The largest absolute Gasteiger partial charge is 0.389 e. The van der Waals surface area contributed by atoms with Crippen molar-refractivity contribution in [1.82, 2.24) is 9.55 Å². The van der Waals surface area contributed by atoms with Crippen LogP contribution in [0.4, 0.5) is 11.5 Å². The number of nitrogen functional groups attached to an aromatic ring is 1. The lowest BCUT2D eigenvalue weighted by Gasteiger charge is -2.24. The van der Waals surface area contributed by atoms with Crippen molar-refractivity contribution in [2.24, 2.45) is 0 Å². The first-order valence-corrected chi connectivity index (χ1v) is 7.91. The van der Waals surface area contributed by atoms with Crippen LogP contribution in [-0.4, -0.2) is 47.1 Å². The van der Waals surface area contributed by atoms with Gasteiger partial charge in [-0.25, -0.2) is 4.79 Å². The summed E-state index contributed by atoms with van der Waals surface area (Å²) < 4.78 is 6.70. The van der Waals surface area contributed by atoms with E-state index in [1.165, 1.54) is 4.57 Å². The van der Waals surface area contributed by atoms with Crippen molar-refractivity contribution in [2.75, 3.05) is 30.8 Å². The van der Waals surface area contributed by atoms with Crippen LogP contribution in [0.3, 0.4) is 0 Å². The van der Waals surface area contributed by atoms with Gasteiger partial charge in [0.2, 0.25) is 0 Å². The molecule has 0 aliphatic rings. The number of unbranched alkanes of at least 4 members (excludes halogenated alkanes) is 1. The van der Waals surface area contributed by atoms with Crippen LogP contribution in [0.25, 0.3) is 0 Å². The SMILES string of the molecule is CCCCn1c(N)c(N(C)CC(O)COC(C)C)c(=O)[nH]c1=O. The number of aliphatic hydroxyl groups is 1. The molecule has 1 aromatic heterocycles. The Kier molecular flexibility index (Phi) is 7.31. The van der Waals surface area contributed by atoms with Crippen LogP contribution < -0.4 is 21.9 Å². The van der Waals surface area contributed by atoms with Gasteiger partial charge in [0.15, 0.2) is 0 Å². The van der Waals surface area contributed by atoms with Gasteiger partial charge in [-0.2, -0.15) is 0 Å². The molecule has 0 amide bonds. The number of likely N-dealkylation sites (N-methyl/N-ethyl adjacent to an activating group) is 1. The highest BCUT2D eigenvalue weighted by atomic mass is 16.5. The molecule has 4 N–H and O–H groups in total. The molecular weight excluding hydrogens is 300 g/mol. The molecule has 132 valence electrons. The number of rotatable bonds is 9. The van der Waals surface area contributed by atoms with E-state index in [9.17, 15) is 14.7 Å². The molecule has 0 radical (unpaired) electrons. The van der Waals surface area contributed by atoms with Crippen molar-refractivity contribution < 1.29 is 9.84 Å². The number of aromatic nitrogens is 2. The Morgan fingerprint density at radius 1 is 1.39 bits per heavy atom. The first kappa shape index (κ1) is 19.2. The maximum atomic E-state index is 12.1. The second-order valence-electron chi connectivity index (χ2n) is 5.91. The highest BCUT2D eigenvalue weighted by molar-refractivity contribution is 5.62. The van der Waals surface area contributed by atoms with Gasteiger partial charge < -0.3 is 20.5 Å². The van der Waals surface area contributed by atoms with Gasteiger partial charge in [0.05, 0.1) is 18.8 Å². The molecule has 0 saturated carbocycles. The molecule has 0 aliphatic carbocycles. The number of aromatic amines is 1. The summed E-state index contributed by atoms with van der Waals surface area (Å²) in [5, 5.41) is 9.99. The van der Waals surface area contributed by atoms with Crippen molar-refractivity contribution in [3.63, 3.8) is 0 Å². The number of nitrogens with zero attached hydrogens (tertiary/aromatic N) is 2. The van der Waals surface area contributed by atoms with Crippen LogP contribution in [0.1, 0.15) is 33.6 Å². The summed E-state index contributed by atoms with van der Waals surface area (Å²) in [6.07, 6.45) is 0.933. The fourth-order valence-corrected chi connectivity index (χ4v) is 2.25. The molecule has 1 atom stereocenters. The summed E-state index contributed by atoms with van der Waals surface area (Å²) in [6.45, 7) is 6.54. The lowest BCUT2D eigenvalue weighted by Crippen LogP contribution is -2.40. The Balaban J connectivity index is 2.97. The minimum Gasteiger partial charge on any atom is -0.389 e. The smallest absolute Gasteiger partial charge is 0.330 e. The summed E-state index contributed by atoms with van der Waals surface area (Å²) in [5.74, 6) is 0.117. The Morgan fingerprint density at radius 2 is 2.04 bits per heavy atom. The minimum absolute atomic E-state index is 0.0133. The highest BCUT2D eigenvalue weighted by Crippen LogP contribution is 2.15. The number of nitrogens with two attached hydrogens (primary N) is 1. The molecule has 0 fully saturated rings. The zero-order chi connectivity index (χ0) is 17.6. The third kappa shape index (κ3) is 5.40. The molecule has 23 heavy (non-hydrogen) atoms. The number of hydrogen-bond acceptors (Lipinski definition) is 6. The number of nitrogens with one attached hydrogen (secondary N) is 1. The maximum absolute atomic E-state index is 12.1. The number of H-pyrrole nitrogens is 1. The van der Waals surface area contributed by atoms with Crippen LogP contribution in [0.15, 0.2) is 9.59 Å². The standard InChI is InChI=1S/C15H28N4O4/c1-5-6-7-19-13(16)12(14(21)17-15(19)22)18(4)8-11(20)9-23-10(2)3/h10-11,20H,5-9,16H2,1-4H3,(H,17,21,22). The number of anilines is 2. The van der Waals surface area contributed by atoms with E-state index in [1.807, 2.05) is 20.8 Å². The molecule has 0 bridgehead atoms. The first-order valence-electron chi connectivity index (χ1n) is 7.91. The Bertz CT molecular complexity index is 608. The average Bonchev–Trinajstić information content (AvgIpc) is 2.44. The molecule has 1 rings (SSSR count). The summed E-state index contributed by atoms with van der Waals surface area (Å²) in [6, 6.07) is 0. The fraction of sp³-hybridized carbons (Fsp3) is 0.733. The maximum Gasteiger partial charge on any atom is 0.330 e. The van der Waals surface area contributed by atoms with E-state index in [2.05, 4.69) is 4.98 Å². The monoisotopic (exact) mass is 328 g/mol. The number of aliphatic hydroxyl groups excluding tert-OH is 1. The van der Waals surface area contributed by atoms with Crippen molar-refractivity contribution in [2.45, 2.75) is 52.4 Å². The Labute approximate surface area is 135 Å². The molecule has 1 heterocycles. The van der Waals surface area contributed by atoms with Crippen molar-refractivity contribution in [3.05, 3.63) is 20.8 Å². The van der Waals surface area contributed by atoms with Gasteiger partial charge in [-0.1, -0.05) is 13.3 Å². The minimum atomic E-state index is -0.766. The van der Waals surface area contributed by atoms with Gasteiger partial charge in [-0.3, -0.25) is 14.3 Å². The Hall–Kier alpha value is -1.80. The molecule has 1 aromatic rings. The van der Waals surface area contributed by atoms with Gasteiger partial charge in [0, 0.05) is 20.1 Å². The van der Waals surface area contributed by atoms with Crippen molar-refractivity contribution in [3.8, 4) is 0 Å². The number of hydrogen-bond donors (Lipinski definition) is 3. The van der Waals surface area contributed by atoms with E-state index >= 15 is 0 Å². The van der Waals surface area contributed by atoms with Gasteiger partial charge in [-0.05, 0) is 20.3 Å². The van der Waals surface area contributed by atoms with Crippen LogP contribution in [0, 0.1) is 0 Å². The molecule has 0 aromatic carbocycles. The molecule has 0 spiro atoms. The van der Waals surface area contributed by atoms with Crippen LogP contribution in [0.5, 0.6) is 0 Å². The van der Waals surface area contributed by atoms with Crippen molar-refractivity contribution in [1.29, 1.82) is 0 Å². The normalized spacial score (nSPS) is 12.6. The molecular formula is C15H28N4O4. The second kappa shape index (κ2) is 8.73. The zero-order valence-corrected chi connectivity index (χ0v) is 14.3. The Morgan fingerprint density at radius 3 is 2.61 bits per heavy atom. The molecule has 1 unspecified atom stereocenters. The topological polar surface area (TPSA) is 114 Å². The summed E-state index contributed by atoms with van der Waals surface area (Å²) in [7, 11) is 1.65. The highest BCUT2D eigenvalue weighted by Gasteiger charge is 2.18. The van der Waals surface area contributed by atoms with E-state index in [0.29, 0.717) is 6.54 Å². The lowest BCUT2D eigenvalue weighted by molar-refractivity contribution is 0.00925. The summed E-state index contributed by atoms with van der Waals surface area (Å²) >= 11 is 0. The molecule has 8 nitrogen and oxygen atoms in total. The quantitative estimate of drug-likeness (QED) is 0.594. The van der Waals surface area contributed by atoms with Gasteiger partial charge in [-0.15, -0.1) is 0 Å². The van der Waals surface area contributed by atoms with Crippen LogP contribution in [-0.2, 0) is 11.3 Å². The van der Waals surface area contributed by atoms with Crippen LogP contribution >= 0.6 is 0 Å². The predicted octanol–water partition coefficient (Wildman–Crippen LogP) is 0.141.